The summed E-state index contributed by atoms with van der Waals surface area (Å²) in [7, 11) is 0. The Kier molecular flexibility index (Phi) is 3.38. The second-order valence-corrected chi connectivity index (χ2v) is 2.31. The van der Waals surface area contributed by atoms with Crippen molar-refractivity contribution >= 4 is 6.21 Å². The molecule has 0 bridgehead atoms. The molecular weight excluding hydrogens is 160 g/mol. The SMILES string of the molecule is FC(F)C=NCc1ccccc1. The van der Waals surface area contributed by atoms with Crippen LogP contribution in [-0.4, -0.2) is 12.6 Å². The van der Waals surface area contributed by atoms with E-state index in [4.69, 9.17) is 0 Å². The van der Waals surface area contributed by atoms with E-state index in [1.54, 1.807) is 0 Å². The van der Waals surface area contributed by atoms with E-state index in [-0.39, 0.29) is 0 Å². The summed E-state index contributed by atoms with van der Waals surface area (Å²) in [6, 6.07) is 9.28. The van der Waals surface area contributed by atoms with Gasteiger partial charge >= 0.3 is 0 Å². The molecule has 0 aliphatic heterocycles. The minimum Gasteiger partial charge on any atom is -0.287 e. The van der Waals surface area contributed by atoms with Crippen LogP contribution in [0, 0.1) is 0 Å². The minimum absolute atomic E-state index is 0.325. The zero-order valence-corrected chi connectivity index (χ0v) is 6.45. The highest BCUT2D eigenvalue weighted by Gasteiger charge is 1.93. The second-order valence-electron chi connectivity index (χ2n) is 2.31. The molecule has 64 valence electrons. The standard InChI is InChI=1S/C9H9F2N/c10-9(11)7-12-6-8-4-2-1-3-5-8/h1-5,7,9H,6H2. The van der Waals surface area contributed by atoms with Crippen LogP contribution in [0.3, 0.4) is 0 Å². The summed E-state index contributed by atoms with van der Waals surface area (Å²) in [4.78, 5) is 3.57. The Morgan fingerprint density at radius 2 is 1.92 bits per heavy atom. The highest BCUT2D eigenvalue weighted by molar-refractivity contribution is 5.60. The molecule has 0 radical (unpaired) electrons. The smallest absolute Gasteiger partial charge is 0.273 e. The summed E-state index contributed by atoms with van der Waals surface area (Å²) in [5.41, 5.74) is 0.939. The minimum atomic E-state index is -2.45. The Bertz CT molecular complexity index is 244. The number of nitrogens with zero attached hydrogens (tertiary/aromatic N) is 1. The van der Waals surface area contributed by atoms with Crippen LogP contribution in [0.1, 0.15) is 5.56 Å². The van der Waals surface area contributed by atoms with Crippen molar-refractivity contribution < 1.29 is 8.78 Å². The van der Waals surface area contributed by atoms with Gasteiger partial charge in [0.15, 0.2) is 0 Å². The van der Waals surface area contributed by atoms with Gasteiger partial charge in [-0.25, -0.2) is 8.78 Å². The molecule has 0 amide bonds. The summed E-state index contributed by atoms with van der Waals surface area (Å²) in [6.07, 6.45) is -1.79. The van der Waals surface area contributed by atoms with Gasteiger partial charge in [0, 0.05) is 0 Å². The highest BCUT2D eigenvalue weighted by atomic mass is 19.3. The topological polar surface area (TPSA) is 12.4 Å². The molecule has 0 saturated heterocycles. The molecule has 1 rings (SSSR count). The number of benzene rings is 1. The third kappa shape index (κ3) is 3.23. The maximum Gasteiger partial charge on any atom is 0.273 e. The number of rotatable bonds is 3. The van der Waals surface area contributed by atoms with Crippen molar-refractivity contribution in [1.82, 2.24) is 0 Å². The van der Waals surface area contributed by atoms with Crippen LogP contribution in [0.25, 0.3) is 0 Å². The lowest BCUT2D eigenvalue weighted by atomic mass is 10.2. The van der Waals surface area contributed by atoms with E-state index in [2.05, 4.69) is 4.99 Å². The molecule has 0 N–H and O–H groups in total. The van der Waals surface area contributed by atoms with E-state index < -0.39 is 6.43 Å². The monoisotopic (exact) mass is 169 g/mol. The van der Waals surface area contributed by atoms with Gasteiger partial charge in [0.1, 0.15) is 0 Å². The Balaban J connectivity index is 2.43. The third-order valence-corrected chi connectivity index (χ3v) is 1.33. The van der Waals surface area contributed by atoms with Gasteiger partial charge in [0.25, 0.3) is 6.43 Å². The zero-order valence-electron chi connectivity index (χ0n) is 6.45. The highest BCUT2D eigenvalue weighted by Crippen LogP contribution is 1.99. The van der Waals surface area contributed by atoms with Gasteiger partial charge in [0.2, 0.25) is 0 Å². The fourth-order valence-electron chi connectivity index (χ4n) is 0.821. The van der Waals surface area contributed by atoms with Gasteiger partial charge < -0.3 is 0 Å². The average Bonchev–Trinajstić information content (AvgIpc) is 2.05. The molecule has 0 aromatic heterocycles. The van der Waals surface area contributed by atoms with Crippen molar-refractivity contribution in [3.8, 4) is 0 Å². The molecule has 0 spiro atoms. The van der Waals surface area contributed by atoms with Crippen molar-refractivity contribution in [2.45, 2.75) is 13.0 Å². The van der Waals surface area contributed by atoms with E-state index in [1.807, 2.05) is 30.3 Å². The van der Waals surface area contributed by atoms with Crippen LogP contribution in [0.15, 0.2) is 35.3 Å². The number of aliphatic imine (C=N–C) groups is 1. The first-order chi connectivity index (χ1) is 5.79. The Morgan fingerprint density at radius 1 is 1.25 bits per heavy atom. The quantitative estimate of drug-likeness (QED) is 0.616. The van der Waals surface area contributed by atoms with Crippen LogP contribution in [-0.2, 0) is 6.54 Å². The fraction of sp³-hybridized carbons (Fsp3) is 0.222. The van der Waals surface area contributed by atoms with Gasteiger partial charge in [-0.2, -0.15) is 0 Å². The first kappa shape index (κ1) is 8.84. The summed E-state index contributed by atoms with van der Waals surface area (Å²) in [5, 5.41) is 0. The van der Waals surface area contributed by atoms with Crippen molar-refractivity contribution in [3.05, 3.63) is 35.9 Å². The predicted molar refractivity (Wildman–Crippen MR) is 44.6 cm³/mol. The van der Waals surface area contributed by atoms with Crippen LogP contribution in [0.4, 0.5) is 8.78 Å². The lowest BCUT2D eigenvalue weighted by molar-refractivity contribution is 0.231. The molecule has 1 aromatic rings. The predicted octanol–water partition coefficient (Wildman–Crippen LogP) is 2.52. The molecule has 0 atom stereocenters. The summed E-state index contributed by atoms with van der Waals surface area (Å²) in [5.74, 6) is 0. The van der Waals surface area contributed by atoms with Crippen molar-refractivity contribution in [2.75, 3.05) is 0 Å². The number of hydrogen-bond donors (Lipinski definition) is 0. The lowest BCUT2D eigenvalue weighted by Gasteiger charge is -1.93. The summed E-state index contributed by atoms with van der Waals surface area (Å²) < 4.78 is 23.2. The van der Waals surface area contributed by atoms with Gasteiger partial charge in [-0.3, -0.25) is 4.99 Å². The first-order valence-electron chi connectivity index (χ1n) is 3.61. The van der Waals surface area contributed by atoms with Gasteiger partial charge in [0.05, 0.1) is 12.8 Å². The van der Waals surface area contributed by atoms with Crippen molar-refractivity contribution in [2.24, 2.45) is 4.99 Å². The maximum absolute atomic E-state index is 11.6. The molecule has 1 nitrogen and oxygen atoms in total. The number of halogens is 2. The van der Waals surface area contributed by atoms with Crippen molar-refractivity contribution in [1.29, 1.82) is 0 Å². The molecule has 0 saturated carbocycles. The molecule has 0 aliphatic carbocycles. The molecule has 0 aliphatic rings. The van der Waals surface area contributed by atoms with E-state index in [9.17, 15) is 8.78 Å². The van der Waals surface area contributed by atoms with Gasteiger partial charge in [-0.15, -0.1) is 0 Å². The normalized spacial score (nSPS) is 11.2. The Morgan fingerprint density at radius 3 is 2.50 bits per heavy atom. The van der Waals surface area contributed by atoms with Gasteiger partial charge in [-0.05, 0) is 5.56 Å². The third-order valence-electron chi connectivity index (χ3n) is 1.33. The molecule has 1 aromatic carbocycles. The average molecular weight is 169 g/mol. The van der Waals surface area contributed by atoms with E-state index in [0.717, 1.165) is 5.56 Å². The first-order valence-corrected chi connectivity index (χ1v) is 3.61. The molecule has 0 unspecified atom stereocenters. The molecule has 3 heteroatoms. The summed E-state index contributed by atoms with van der Waals surface area (Å²) >= 11 is 0. The fourth-order valence-corrected chi connectivity index (χ4v) is 0.821. The van der Waals surface area contributed by atoms with E-state index in [0.29, 0.717) is 12.8 Å². The molecule has 12 heavy (non-hydrogen) atoms. The van der Waals surface area contributed by atoms with E-state index >= 15 is 0 Å². The van der Waals surface area contributed by atoms with Crippen LogP contribution in [0.5, 0.6) is 0 Å². The Labute approximate surface area is 69.8 Å². The van der Waals surface area contributed by atoms with E-state index in [1.165, 1.54) is 0 Å². The number of hydrogen-bond acceptors (Lipinski definition) is 1. The van der Waals surface area contributed by atoms with Crippen LogP contribution < -0.4 is 0 Å². The zero-order chi connectivity index (χ0) is 8.81. The lowest BCUT2D eigenvalue weighted by Crippen LogP contribution is -1.91. The largest absolute Gasteiger partial charge is 0.287 e. The molecule has 0 heterocycles. The van der Waals surface area contributed by atoms with Crippen molar-refractivity contribution in [3.63, 3.8) is 0 Å². The maximum atomic E-state index is 11.6. The van der Waals surface area contributed by atoms with Crippen LogP contribution >= 0.6 is 0 Å². The Hall–Kier alpha value is -1.25. The molecular formula is C9H9F2N. The summed E-state index contributed by atoms with van der Waals surface area (Å²) in [6.45, 7) is 0.325. The second kappa shape index (κ2) is 4.59. The molecule has 0 fully saturated rings. The number of alkyl halides is 2. The van der Waals surface area contributed by atoms with Gasteiger partial charge in [-0.1, -0.05) is 30.3 Å². The van der Waals surface area contributed by atoms with Crippen LogP contribution in [0.2, 0.25) is 0 Å².